The van der Waals surface area contributed by atoms with Gasteiger partial charge in [-0.25, -0.2) is 4.98 Å². The van der Waals surface area contributed by atoms with Crippen LogP contribution in [0.25, 0.3) is 4.96 Å². The van der Waals surface area contributed by atoms with Gasteiger partial charge >= 0.3 is 0 Å². The molecule has 3 N–H and O–H groups in total. The lowest BCUT2D eigenvalue weighted by atomic mass is 9.91. The van der Waals surface area contributed by atoms with Gasteiger partial charge in [0.15, 0.2) is 4.96 Å². The number of nitrogens with one attached hydrogen (secondary N) is 1. The Morgan fingerprint density at radius 3 is 2.82 bits per heavy atom. The second-order valence-electron chi connectivity index (χ2n) is 4.38. The monoisotopic (exact) mass is 252 g/mol. The van der Waals surface area contributed by atoms with E-state index in [-0.39, 0.29) is 0 Å². The first-order chi connectivity index (χ1) is 8.28. The summed E-state index contributed by atoms with van der Waals surface area (Å²) < 4.78 is 2.07. The fraction of sp³-hybridized carbons (Fsp3) is 0.583. The maximum atomic E-state index is 5.66. The average molecular weight is 252 g/mol. The van der Waals surface area contributed by atoms with Crippen molar-refractivity contribution in [3.63, 3.8) is 0 Å². The Morgan fingerprint density at radius 1 is 1.47 bits per heavy atom. The summed E-state index contributed by atoms with van der Waals surface area (Å²) in [6.07, 6.45) is 7.33. The van der Waals surface area contributed by atoms with Crippen molar-refractivity contribution in [1.82, 2.24) is 14.8 Å². The molecule has 0 fully saturated rings. The van der Waals surface area contributed by atoms with Crippen LogP contribution in [0.15, 0.2) is 17.8 Å². The van der Waals surface area contributed by atoms with E-state index in [4.69, 9.17) is 5.84 Å². The molecule has 0 spiro atoms. The molecule has 0 aromatic carbocycles. The van der Waals surface area contributed by atoms with Crippen LogP contribution in [0.3, 0.4) is 0 Å². The Morgan fingerprint density at radius 2 is 2.24 bits per heavy atom. The van der Waals surface area contributed by atoms with Crippen LogP contribution >= 0.6 is 11.3 Å². The van der Waals surface area contributed by atoms with Crippen LogP contribution in [0.4, 0.5) is 0 Å². The van der Waals surface area contributed by atoms with Crippen LogP contribution in [0, 0.1) is 5.92 Å². The summed E-state index contributed by atoms with van der Waals surface area (Å²) in [4.78, 5) is 5.65. The van der Waals surface area contributed by atoms with Gasteiger partial charge in [0, 0.05) is 30.2 Å². The topological polar surface area (TPSA) is 55.3 Å². The van der Waals surface area contributed by atoms with Gasteiger partial charge in [0.1, 0.15) is 0 Å². The molecule has 2 rings (SSSR count). The summed E-state index contributed by atoms with van der Waals surface area (Å²) >= 11 is 1.66. The Hall–Kier alpha value is -0.910. The molecule has 1 atom stereocenters. The Balaban J connectivity index is 2.10. The Labute approximate surface area is 106 Å². The van der Waals surface area contributed by atoms with E-state index in [1.165, 1.54) is 0 Å². The largest absolute Gasteiger partial charge is 0.297 e. The van der Waals surface area contributed by atoms with Crippen molar-refractivity contribution in [3.05, 3.63) is 23.5 Å². The van der Waals surface area contributed by atoms with E-state index in [1.54, 1.807) is 11.3 Å². The molecule has 0 saturated heterocycles. The number of fused-ring (bicyclic) bond motifs is 1. The molecule has 0 amide bonds. The number of hydrazine groups is 1. The summed E-state index contributed by atoms with van der Waals surface area (Å²) in [5, 5.41) is 2.05. The van der Waals surface area contributed by atoms with Crippen molar-refractivity contribution in [3.8, 4) is 0 Å². The first-order valence-corrected chi connectivity index (χ1v) is 7.03. The maximum absolute atomic E-state index is 5.66. The van der Waals surface area contributed by atoms with Crippen molar-refractivity contribution in [2.75, 3.05) is 0 Å². The zero-order chi connectivity index (χ0) is 12.3. The standard InChI is InChI=1S/C12H20N4S/c1-3-9(4-2)11(15-13)7-10-8-16-5-6-17-12(16)14-10/h5-6,8-9,11,15H,3-4,7,13H2,1-2H3. The van der Waals surface area contributed by atoms with Gasteiger partial charge in [-0.15, -0.1) is 11.3 Å². The molecule has 4 nitrogen and oxygen atoms in total. The molecule has 2 heterocycles. The first kappa shape index (κ1) is 12.5. The molecule has 0 saturated carbocycles. The highest BCUT2D eigenvalue weighted by Crippen LogP contribution is 2.18. The maximum Gasteiger partial charge on any atom is 0.193 e. The summed E-state index contributed by atoms with van der Waals surface area (Å²) in [5.41, 5.74) is 4.06. The summed E-state index contributed by atoms with van der Waals surface area (Å²) in [6, 6.07) is 0.314. The molecular formula is C12H20N4S. The van der Waals surface area contributed by atoms with Gasteiger partial charge in [0.2, 0.25) is 0 Å². The molecule has 0 bridgehead atoms. The normalized spacial score (nSPS) is 13.6. The van der Waals surface area contributed by atoms with Crippen LogP contribution in [0.5, 0.6) is 0 Å². The predicted molar refractivity (Wildman–Crippen MR) is 72.0 cm³/mol. The van der Waals surface area contributed by atoms with Crippen molar-refractivity contribution in [2.24, 2.45) is 11.8 Å². The van der Waals surface area contributed by atoms with Crippen molar-refractivity contribution >= 4 is 16.3 Å². The van der Waals surface area contributed by atoms with Gasteiger partial charge in [-0.2, -0.15) is 0 Å². The minimum Gasteiger partial charge on any atom is -0.297 e. The van der Waals surface area contributed by atoms with E-state index in [9.17, 15) is 0 Å². The molecule has 1 unspecified atom stereocenters. The molecule has 0 aliphatic heterocycles. The minimum absolute atomic E-state index is 0.314. The highest BCUT2D eigenvalue weighted by molar-refractivity contribution is 7.15. The van der Waals surface area contributed by atoms with E-state index >= 15 is 0 Å². The Kier molecular flexibility index (Phi) is 4.15. The van der Waals surface area contributed by atoms with E-state index in [0.717, 1.165) is 29.9 Å². The Bertz CT molecular complexity index is 429. The number of aromatic nitrogens is 2. The SMILES string of the molecule is CCC(CC)C(Cc1cn2ccsc2n1)NN. The van der Waals surface area contributed by atoms with Crippen molar-refractivity contribution in [2.45, 2.75) is 39.2 Å². The third kappa shape index (κ3) is 2.68. The number of nitrogens with zero attached hydrogens (tertiary/aromatic N) is 2. The molecule has 2 aromatic rings. The number of rotatable bonds is 6. The lowest BCUT2D eigenvalue weighted by molar-refractivity contribution is 0.334. The van der Waals surface area contributed by atoms with Gasteiger partial charge in [0.25, 0.3) is 0 Å². The zero-order valence-electron chi connectivity index (χ0n) is 10.4. The summed E-state index contributed by atoms with van der Waals surface area (Å²) in [6.45, 7) is 4.43. The van der Waals surface area contributed by atoms with E-state index < -0.39 is 0 Å². The van der Waals surface area contributed by atoms with E-state index in [1.807, 2.05) is 11.6 Å². The van der Waals surface area contributed by atoms with Crippen LogP contribution in [0.1, 0.15) is 32.4 Å². The van der Waals surface area contributed by atoms with Gasteiger partial charge in [-0.3, -0.25) is 15.7 Å². The van der Waals surface area contributed by atoms with E-state index in [0.29, 0.717) is 12.0 Å². The quantitative estimate of drug-likeness (QED) is 0.612. The van der Waals surface area contributed by atoms with Gasteiger partial charge in [0.05, 0.1) is 5.69 Å². The van der Waals surface area contributed by atoms with Crippen molar-refractivity contribution < 1.29 is 0 Å². The number of hydrogen-bond acceptors (Lipinski definition) is 4. The lowest BCUT2D eigenvalue weighted by Gasteiger charge is -2.23. The fourth-order valence-electron chi connectivity index (χ4n) is 2.32. The molecule has 5 heteroatoms. The molecule has 17 heavy (non-hydrogen) atoms. The van der Waals surface area contributed by atoms with Gasteiger partial charge < -0.3 is 0 Å². The fourth-order valence-corrected chi connectivity index (χ4v) is 3.04. The molecule has 94 valence electrons. The van der Waals surface area contributed by atoms with Gasteiger partial charge in [-0.1, -0.05) is 26.7 Å². The minimum atomic E-state index is 0.314. The second-order valence-corrected chi connectivity index (χ2v) is 5.25. The third-order valence-electron chi connectivity index (χ3n) is 3.40. The summed E-state index contributed by atoms with van der Waals surface area (Å²) in [7, 11) is 0. The lowest BCUT2D eigenvalue weighted by Crippen LogP contribution is -2.42. The number of imidazole rings is 1. The van der Waals surface area contributed by atoms with Crippen LogP contribution in [-0.2, 0) is 6.42 Å². The molecular weight excluding hydrogens is 232 g/mol. The molecule has 0 radical (unpaired) electrons. The smallest absolute Gasteiger partial charge is 0.193 e. The predicted octanol–water partition coefficient (Wildman–Crippen LogP) is 2.21. The van der Waals surface area contributed by atoms with Crippen molar-refractivity contribution in [1.29, 1.82) is 0 Å². The number of thiazole rings is 1. The zero-order valence-corrected chi connectivity index (χ0v) is 11.2. The number of hydrogen-bond donors (Lipinski definition) is 2. The molecule has 0 aliphatic rings. The summed E-state index contributed by atoms with van der Waals surface area (Å²) in [5.74, 6) is 6.27. The third-order valence-corrected chi connectivity index (χ3v) is 4.17. The van der Waals surface area contributed by atoms with Gasteiger partial charge in [-0.05, 0) is 5.92 Å². The van der Waals surface area contributed by atoms with E-state index in [2.05, 4.69) is 34.9 Å². The molecule has 0 aliphatic carbocycles. The van der Waals surface area contributed by atoms with Crippen LogP contribution in [-0.4, -0.2) is 15.4 Å². The highest BCUT2D eigenvalue weighted by Gasteiger charge is 2.18. The average Bonchev–Trinajstić information content (AvgIpc) is 2.89. The molecule has 2 aromatic heterocycles. The van der Waals surface area contributed by atoms with Crippen LogP contribution < -0.4 is 11.3 Å². The highest BCUT2D eigenvalue weighted by atomic mass is 32.1. The number of nitrogens with two attached hydrogens (primary N) is 1. The first-order valence-electron chi connectivity index (χ1n) is 6.15. The van der Waals surface area contributed by atoms with Crippen LogP contribution in [0.2, 0.25) is 0 Å². The second kappa shape index (κ2) is 5.62.